The van der Waals surface area contributed by atoms with Gasteiger partial charge < -0.3 is 5.11 Å². The van der Waals surface area contributed by atoms with E-state index in [1.165, 1.54) is 12.1 Å². The number of hydrogen-bond acceptors (Lipinski definition) is 2. The first-order valence-electron chi connectivity index (χ1n) is 4.93. The number of hydrogen-bond donors (Lipinski definition) is 1. The van der Waals surface area contributed by atoms with Crippen LogP contribution in [-0.4, -0.2) is 20.5 Å². The molecule has 0 aliphatic carbocycles. The van der Waals surface area contributed by atoms with E-state index in [0.717, 1.165) is 0 Å². The van der Waals surface area contributed by atoms with Crippen molar-refractivity contribution in [3.63, 3.8) is 0 Å². The van der Waals surface area contributed by atoms with Crippen LogP contribution in [0.2, 0.25) is 5.02 Å². The average Bonchev–Trinajstić information content (AvgIpc) is 2.22. The number of carboxylic acid groups (broad SMARTS) is 1. The number of aliphatic carboxylic acids is 1. The topological polar surface area (TPSA) is 54.4 Å². The molecule has 0 spiro atoms. The maximum absolute atomic E-state index is 13.1. The summed E-state index contributed by atoms with van der Waals surface area (Å²) in [5.74, 6) is -1.43. The van der Waals surface area contributed by atoms with Crippen LogP contribution in [0.4, 0.5) is 4.39 Å². The number of carboxylic acids is 1. The normalized spacial score (nSPS) is 14.3. The van der Waals surface area contributed by atoms with Gasteiger partial charge in [0.25, 0.3) is 0 Å². The van der Waals surface area contributed by atoms with Crippen LogP contribution in [-0.2, 0) is 21.3 Å². The summed E-state index contributed by atoms with van der Waals surface area (Å²) in [7, 11) is -1.34. The zero-order valence-electron chi connectivity index (χ0n) is 9.15. The van der Waals surface area contributed by atoms with Gasteiger partial charge in [0.1, 0.15) is 5.82 Å². The molecular formula is C11H12ClFO3S. The van der Waals surface area contributed by atoms with Crippen molar-refractivity contribution < 1.29 is 18.5 Å². The highest BCUT2D eigenvalue weighted by molar-refractivity contribution is 7.84. The fourth-order valence-corrected chi connectivity index (χ4v) is 2.51. The second-order valence-electron chi connectivity index (χ2n) is 3.68. The van der Waals surface area contributed by atoms with Crippen molar-refractivity contribution in [1.29, 1.82) is 0 Å². The largest absolute Gasteiger partial charge is 0.481 e. The van der Waals surface area contributed by atoms with E-state index < -0.39 is 27.8 Å². The van der Waals surface area contributed by atoms with Crippen LogP contribution in [0.1, 0.15) is 18.9 Å². The van der Waals surface area contributed by atoms with Crippen molar-refractivity contribution in [2.75, 3.05) is 0 Å². The fraction of sp³-hybridized carbons (Fsp3) is 0.364. The first-order valence-corrected chi connectivity index (χ1v) is 6.69. The van der Waals surface area contributed by atoms with E-state index in [0.29, 0.717) is 5.56 Å². The summed E-state index contributed by atoms with van der Waals surface area (Å²) in [5.41, 5.74) is 0.544. The van der Waals surface area contributed by atoms with Gasteiger partial charge >= 0.3 is 5.97 Å². The lowest BCUT2D eigenvalue weighted by molar-refractivity contribution is -0.136. The number of carbonyl (C=O) groups is 1. The van der Waals surface area contributed by atoms with E-state index in [1.54, 1.807) is 13.0 Å². The van der Waals surface area contributed by atoms with E-state index in [9.17, 15) is 13.4 Å². The van der Waals surface area contributed by atoms with Crippen molar-refractivity contribution in [3.05, 3.63) is 34.6 Å². The molecule has 3 nitrogen and oxygen atoms in total. The van der Waals surface area contributed by atoms with Gasteiger partial charge in [-0.15, -0.1) is 0 Å². The Morgan fingerprint density at radius 3 is 2.76 bits per heavy atom. The van der Waals surface area contributed by atoms with Gasteiger partial charge in [-0.3, -0.25) is 9.00 Å². The Labute approximate surface area is 106 Å². The molecule has 0 aromatic heterocycles. The first-order chi connectivity index (χ1) is 7.90. The summed E-state index contributed by atoms with van der Waals surface area (Å²) < 4.78 is 24.9. The fourth-order valence-electron chi connectivity index (χ4n) is 1.27. The van der Waals surface area contributed by atoms with Crippen molar-refractivity contribution in [1.82, 2.24) is 0 Å². The van der Waals surface area contributed by atoms with E-state index in [2.05, 4.69) is 0 Å². The maximum Gasteiger partial charge on any atom is 0.304 e. The molecule has 6 heteroatoms. The molecule has 0 aliphatic heterocycles. The molecule has 0 radical (unpaired) electrons. The lowest BCUT2D eigenvalue weighted by Gasteiger charge is -2.09. The van der Waals surface area contributed by atoms with Gasteiger partial charge in [0.15, 0.2) is 0 Å². The number of benzene rings is 1. The van der Waals surface area contributed by atoms with E-state index >= 15 is 0 Å². The van der Waals surface area contributed by atoms with Gasteiger partial charge in [0.05, 0.1) is 11.4 Å². The maximum atomic E-state index is 13.1. The van der Waals surface area contributed by atoms with Gasteiger partial charge in [-0.1, -0.05) is 24.6 Å². The summed E-state index contributed by atoms with van der Waals surface area (Å²) in [6.45, 7) is 1.59. The minimum atomic E-state index is -1.34. The Bertz CT molecular complexity index is 450. The minimum Gasteiger partial charge on any atom is -0.481 e. The Hall–Kier alpha value is -0.940. The van der Waals surface area contributed by atoms with Crippen molar-refractivity contribution in [2.45, 2.75) is 24.3 Å². The first kappa shape index (κ1) is 14.1. The molecule has 17 heavy (non-hydrogen) atoms. The summed E-state index contributed by atoms with van der Waals surface area (Å²) in [6, 6.07) is 4.19. The molecule has 0 aliphatic rings. The smallest absolute Gasteiger partial charge is 0.304 e. The third-order valence-electron chi connectivity index (χ3n) is 2.20. The van der Waals surface area contributed by atoms with Crippen LogP contribution >= 0.6 is 11.6 Å². The molecule has 0 bridgehead atoms. The molecule has 0 fully saturated rings. The molecule has 0 heterocycles. The van der Waals surface area contributed by atoms with E-state index in [1.807, 2.05) is 0 Å². The highest BCUT2D eigenvalue weighted by Gasteiger charge is 2.15. The van der Waals surface area contributed by atoms with Crippen molar-refractivity contribution in [3.8, 4) is 0 Å². The minimum absolute atomic E-state index is 0.0121. The number of halogens is 2. The molecule has 1 N–H and O–H groups in total. The van der Waals surface area contributed by atoms with Crippen LogP contribution in [0.15, 0.2) is 18.2 Å². The summed E-state index contributed by atoms with van der Waals surface area (Å²) in [6.07, 6.45) is -0.164. The number of rotatable bonds is 5. The highest BCUT2D eigenvalue weighted by Crippen LogP contribution is 2.17. The molecule has 0 saturated carbocycles. The predicted octanol–water partition coefficient (Wildman–Crippen LogP) is 2.59. The molecule has 1 aromatic rings. The van der Waals surface area contributed by atoms with Crippen LogP contribution in [0.3, 0.4) is 0 Å². The van der Waals surface area contributed by atoms with Crippen molar-refractivity contribution >= 4 is 28.4 Å². The Morgan fingerprint density at radius 2 is 2.24 bits per heavy atom. The summed E-state index contributed by atoms with van der Waals surface area (Å²) >= 11 is 5.52. The summed E-state index contributed by atoms with van der Waals surface area (Å²) in [5, 5.41) is 8.11. The van der Waals surface area contributed by atoms with E-state index in [-0.39, 0.29) is 17.2 Å². The molecule has 1 rings (SSSR count). The monoisotopic (exact) mass is 278 g/mol. The van der Waals surface area contributed by atoms with Gasteiger partial charge in [0.2, 0.25) is 0 Å². The van der Waals surface area contributed by atoms with Gasteiger partial charge in [-0.2, -0.15) is 0 Å². The van der Waals surface area contributed by atoms with Crippen LogP contribution in [0.5, 0.6) is 0 Å². The molecule has 0 saturated heterocycles. The Kier molecular flexibility index (Phi) is 5.08. The zero-order valence-corrected chi connectivity index (χ0v) is 10.7. The quantitative estimate of drug-likeness (QED) is 0.901. The molecule has 94 valence electrons. The van der Waals surface area contributed by atoms with Crippen LogP contribution in [0, 0.1) is 5.82 Å². The second kappa shape index (κ2) is 6.12. The standard InChI is InChI=1S/C11H12ClFO3S/c1-7(4-11(14)15)17(16)6-8-2-3-9(12)10(13)5-8/h2-3,5,7H,4,6H2,1H3,(H,14,15). The molecule has 1 aromatic carbocycles. The molecule has 2 atom stereocenters. The van der Waals surface area contributed by atoms with Crippen LogP contribution in [0.25, 0.3) is 0 Å². The molecule has 0 amide bonds. The van der Waals surface area contributed by atoms with E-state index in [4.69, 9.17) is 16.7 Å². The lowest BCUT2D eigenvalue weighted by Crippen LogP contribution is -2.17. The van der Waals surface area contributed by atoms with Crippen molar-refractivity contribution in [2.24, 2.45) is 0 Å². The van der Waals surface area contributed by atoms with Crippen LogP contribution < -0.4 is 0 Å². The zero-order chi connectivity index (χ0) is 13.0. The SMILES string of the molecule is CC(CC(=O)O)S(=O)Cc1ccc(Cl)c(F)c1. The lowest BCUT2D eigenvalue weighted by atomic mass is 10.2. The highest BCUT2D eigenvalue weighted by atomic mass is 35.5. The van der Waals surface area contributed by atoms with Gasteiger partial charge in [0, 0.05) is 21.8 Å². The Morgan fingerprint density at radius 1 is 1.59 bits per heavy atom. The van der Waals surface area contributed by atoms with Gasteiger partial charge in [-0.05, 0) is 17.7 Å². The average molecular weight is 279 g/mol. The third-order valence-corrected chi connectivity index (χ3v) is 4.19. The molecule has 2 unspecified atom stereocenters. The van der Waals surface area contributed by atoms with Gasteiger partial charge in [-0.25, -0.2) is 4.39 Å². The second-order valence-corrected chi connectivity index (χ2v) is 5.94. The molecular weight excluding hydrogens is 267 g/mol. The summed E-state index contributed by atoms with van der Waals surface area (Å²) in [4.78, 5) is 10.5. The third kappa shape index (κ3) is 4.44. The Balaban J connectivity index is 2.67. The predicted molar refractivity (Wildman–Crippen MR) is 65.0 cm³/mol.